The van der Waals surface area contributed by atoms with Gasteiger partial charge in [0.05, 0.1) is 10.4 Å². The lowest BCUT2D eigenvalue weighted by atomic mass is 10.1. The molecular formula is C10H11BrN2S. The lowest BCUT2D eigenvalue weighted by molar-refractivity contribution is 0.818. The molecule has 0 aliphatic carbocycles. The minimum Gasteiger partial charge on any atom is -0.316 e. The molecule has 0 aliphatic rings. The Kier molecular flexibility index (Phi) is 2.85. The Labute approximate surface area is 95.6 Å². The average molecular weight is 271 g/mol. The summed E-state index contributed by atoms with van der Waals surface area (Å²) in [7, 11) is 1.96. The summed E-state index contributed by atoms with van der Waals surface area (Å²) in [5, 5.41) is 4.41. The maximum atomic E-state index is 4.35. The van der Waals surface area contributed by atoms with Crippen LogP contribution in [0.15, 0.2) is 16.6 Å². The highest BCUT2D eigenvalue weighted by atomic mass is 79.9. The maximum Gasteiger partial charge on any atom is 0.0695 e. The Morgan fingerprint density at radius 3 is 3.00 bits per heavy atom. The summed E-state index contributed by atoms with van der Waals surface area (Å²) in [6.07, 6.45) is 0. The maximum absolute atomic E-state index is 4.35. The number of aromatic nitrogens is 1. The monoisotopic (exact) mass is 270 g/mol. The summed E-state index contributed by atoms with van der Waals surface area (Å²) in [6, 6.07) is 4.35. The number of nitrogens with one attached hydrogen (secondary N) is 1. The highest BCUT2D eigenvalue weighted by Crippen LogP contribution is 2.31. The Balaban J connectivity index is 2.63. The molecule has 4 heteroatoms. The van der Waals surface area contributed by atoms with Crippen molar-refractivity contribution in [3.05, 3.63) is 27.9 Å². The largest absolute Gasteiger partial charge is 0.316 e. The van der Waals surface area contributed by atoms with Crippen molar-refractivity contribution < 1.29 is 0 Å². The van der Waals surface area contributed by atoms with Crippen LogP contribution in [-0.4, -0.2) is 11.4 Å². The van der Waals surface area contributed by atoms with Crippen LogP contribution in [0, 0.1) is 6.92 Å². The van der Waals surface area contributed by atoms with Gasteiger partial charge in [-0.2, -0.15) is 4.37 Å². The number of rotatable bonds is 2. The van der Waals surface area contributed by atoms with E-state index in [1.165, 1.54) is 15.6 Å². The molecule has 14 heavy (non-hydrogen) atoms. The second kappa shape index (κ2) is 3.96. The summed E-state index contributed by atoms with van der Waals surface area (Å²) in [5.74, 6) is 0. The van der Waals surface area contributed by atoms with Crippen LogP contribution in [0.1, 0.15) is 11.3 Å². The fourth-order valence-electron chi connectivity index (χ4n) is 1.48. The molecule has 1 aromatic heterocycles. The van der Waals surface area contributed by atoms with Crippen LogP contribution >= 0.6 is 27.5 Å². The van der Waals surface area contributed by atoms with Gasteiger partial charge < -0.3 is 5.32 Å². The molecule has 2 nitrogen and oxygen atoms in total. The zero-order valence-corrected chi connectivity index (χ0v) is 10.5. The van der Waals surface area contributed by atoms with Crippen LogP contribution < -0.4 is 5.32 Å². The van der Waals surface area contributed by atoms with Gasteiger partial charge in [-0.25, -0.2) is 0 Å². The standard InChI is InChI=1S/C10H11BrN2S/c1-6-8-3-7(5-12-2)4-9(11)10(8)14-13-6/h3-4,12H,5H2,1-2H3. The molecule has 2 rings (SSSR count). The van der Waals surface area contributed by atoms with Gasteiger partial charge in [0, 0.05) is 16.4 Å². The van der Waals surface area contributed by atoms with Gasteiger partial charge in [0.2, 0.25) is 0 Å². The summed E-state index contributed by atoms with van der Waals surface area (Å²) in [4.78, 5) is 0. The predicted molar refractivity (Wildman–Crippen MR) is 64.8 cm³/mol. The molecule has 2 aromatic rings. The number of benzene rings is 1. The Morgan fingerprint density at radius 1 is 1.50 bits per heavy atom. The van der Waals surface area contributed by atoms with Crippen LogP contribution in [0.3, 0.4) is 0 Å². The summed E-state index contributed by atoms with van der Waals surface area (Å²) in [5.41, 5.74) is 2.40. The van der Waals surface area contributed by atoms with Crippen molar-refractivity contribution >= 4 is 37.5 Å². The molecule has 1 N–H and O–H groups in total. The van der Waals surface area contributed by atoms with Crippen molar-refractivity contribution in [3.8, 4) is 0 Å². The Hall–Kier alpha value is -0.450. The third kappa shape index (κ3) is 1.69. The first-order valence-electron chi connectivity index (χ1n) is 4.41. The number of hydrogen-bond acceptors (Lipinski definition) is 3. The summed E-state index contributed by atoms with van der Waals surface area (Å²) in [6.45, 7) is 2.94. The van der Waals surface area contributed by atoms with Crippen molar-refractivity contribution in [2.24, 2.45) is 0 Å². The second-order valence-electron chi connectivity index (χ2n) is 3.25. The first-order valence-corrected chi connectivity index (χ1v) is 5.98. The molecule has 0 spiro atoms. The highest BCUT2D eigenvalue weighted by Gasteiger charge is 2.07. The normalized spacial score (nSPS) is 11.1. The zero-order chi connectivity index (χ0) is 10.1. The number of hydrogen-bond donors (Lipinski definition) is 1. The predicted octanol–water partition coefficient (Wildman–Crippen LogP) is 3.09. The molecule has 0 aliphatic heterocycles. The zero-order valence-electron chi connectivity index (χ0n) is 8.10. The van der Waals surface area contributed by atoms with E-state index in [4.69, 9.17) is 0 Å². The molecule has 1 heterocycles. The first-order chi connectivity index (χ1) is 6.72. The number of fused-ring (bicyclic) bond motifs is 1. The molecule has 0 saturated carbocycles. The van der Waals surface area contributed by atoms with Crippen LogP contribution in [0.4, 0.5) is 0 Å². The molecule has 0 bridgehead atoms. The quantitative estimate of drug-likeness (QED) is 0.907. The van der Waals surface area contributed by atoms with E-state index in [1.54, 1.807) is 11.5 Å². The van der Waals surface area contributed by atoms with Gasteiger partial charge in [-0.15, -0.1) is 0 Å². The number of aryl methyl sites for hydroxylation is 1. The van der Waals surface area contributed by atoms with Crippen LogP contribution in [0.5, 0.6) is 0 Å². The van der Waals surface area contributed by atoms with E-state index in [0.717, 1.165) is 16.7 Å². The Bertz CT molecular complexity index is 464. The number of nitrogens with zero attached hydrogens (tertiary/aromatic N) is 1. The molecule has 0 saturated heterocycles. The lowest BCUT2D eigenvalue weighted by Gasteiger charge is -2.02. The molecule has 0 amide bonds. The minimum atomic E-state index is 0.893. The second-order valence-corrected chi connectivity index (χ2v) is 4.88. The van der Waals surface area contributed by atoms with Gasteiger partial charge in [-0.3, -0.25) is 0 Å². The fourth-order valence-corrected chi connectivity index (χ4v) is 2.98. The topological polar surface area (TPSA) is 24.9 Å². The first kappa shape index (κ1) is 10.1. The van der Waals surface area contributed by atoms with E-state index >= 15 is 0 Å². The van der Waals surface area contributed by atoms with Gasteiger partial charge in [-0.1, -0.05) is 0 Å². The van der Waals surface area contributed by atoms with E-state index in [1.807, 2.05) is 7.05 Å². The van der Waals surface area contributed by atoms with Gasteiger partial charge in [0.25, 0.3) is 0 Å². The summed E-state index contributed by atoms with van der Waals surface area (Å²) >= 11 is 5.12. The smallest absolute Gasteiger partial charge is 0.0695 e. The van der Waals surface area contributed by atoms with Crippen molar-refractivity contribution in [1.29, 1.82) is 0 Å². The molecule has 0 atom stereocenters. The van der Waals surface area contributed by atoms with Crippen LogP contribution in [0.25, 0.3) is 10.1 Å². The lowest BCUT2D eigenvalue weighted by Crippen LogP contribution is -2.04. The van der Waals surface area contributed by atoms with Crippen molar-refractivity contribution in [1.82, 2.24) is 9.69 Å². The molecule has 74 valence electrons. The minimum absolute atomic E-state index is 0.893. The van der Waals surface area contributed by atoms with Crippen molar-refractivity contribution in [3.63, 3.8) is 0 Å². The number of halogens is 1. The van der Waals surface area contributed by atoms with Gasteiger partial charge in [0.1, 0.15) is 0 Å². The molecular weight excluding hydrogens is 260 g/mol. The van der Waals surface area contributed by atoms with Crippen LogP contribution in [-0.2, 0) is 6.54 Å². The molecule has 0 fully saturated rings. The van der Waals surface area contributed by atoms with E-state index in [0.29, 0.717) is 0 Å². The van der Waals surface area contributed by atoms with E-state index in [9.17, 15) is 0 Å². The highest BCUT2D eigenvalue weighted by molar-refractivity contribution is 9.10. The van der Waals surface area contributed by atoms with Gasteiger partial charge in [0.15, 0.2) is 0 Å². The van der Waals surface area contributed by atoms with Crippen LogP contribution in [0.2, 0.25) is 0 Å². The van der Waals surface area contributed by atoms with Crippen molar-refractivity contribution in [2.45, 2.75) is 13.5 Å². The van der Waals surface area contributed by atoms with E-state index in [2.05, 4.69) is 44.7 Å². The molecule has 0 unspecified atom stereocenters. The average Bonchev–Trinajstić information content (AvgIpc) is 2.49. The van der Waals surface area contributed by atoms with Gasteiger partial charge >= 0.3 is 0 Å². The third-order valence-electron chi connectivity index (χ3n) is 2.15. The Morgan fingerprint density at radius 2 is 2.29 bits per heavy atom. The van der Waals surface area contributed by atoms with Gasteiger partial charge in [-0.05, 0) is 59.1 Å². The summed E-state index contributed by atoms with van der Waals surface area (Å²) < 4.78 is 6.73. The SMILES string of the molecule is CNCc1cc(Br)c2snc(C)c2c1. The molecule has 1 aromatic carbocycles. The fraction of sp³-hybridized carbons (Fsp3) is 0.300. The van der Waals surface area contributed by atoms with Crippen molar-refractivity contribution in [2.75, 3.05) is 7.05 Å². The van der Waals surface area contributed by atoms with E-state index < -0.39 is 0 Å². The molecule has 0 radical (unpaired) electrons. The van der Waals surface area contributed by atoms with E-state index in [-0.39, 0.29) is 0 Å². The third-order valence-corrected chi connectivity index (χ3v) is 4.02.